The van der Waals surface area contributed by atoms with Gasteiger partial charge in [0.25, 0.3) is 0 Å². The number of aromatic nitrogens is 3. The summed E-state index contributed by atoms with van der Waals surface area (Å²) in [5.74, 6) is 1.14. The number of hydrogen-bond donors (Lipinski definition) is 1. The van der Waals surface area contributed by atoms with E-state index in [2.05, 4.69) is 42.3 Å². The largest absolute Gasteiger partial charge is 1.00 e. The molecule has 0 atom stereocenters. The maximum Gasteiger partial charge on any atom is 0.245 e. The number of aromatic amines is 1. The van der Waals surface area contributed by atoms with Gasteiger partial charge in [0, 0.05) is 24.7 Å². The SMILES string of the molecule is CCCCCCCCCCCCCC[N+](C)(C)c1cc[nH]n1.[Br-].c1ccncc1. The summed E-state index contributed by atoms with van der Waals surface area (Å²) >= 11 is 0. The number of rotatable bonds is 14. The maximum atomic E-state index is 4.31. The van der Waals surface area contributed by atoms with E-state index < -0.39 is 0 Å². The van der Waals surface area contributed by atoms with Crippen LogP contribution in [0.2, 0.25) is 0 Å². The summed E-state index contributed by atoms with van der Waals surface area (Å²) in [6.45, 7) is 3.47. The van der Waals surface area contributed by atoms with Gasteiger partial charge in [-0.2, -0.15) is 0 Å². The first-order chi connectivity index (χ1) is 13.7. The third kappa shape index (κ3) is 15.3. The Morgan fingerprint density at radius 2 is 1.28 bits per heavy atom. The molecule has 4 nitrogen and oxygen atoms in total. The summed E-state index contributed by atoms with van der Waals surface area (Å²) in [5.41, 5.74) is 0. The van der Waals surface area contributed by atoms with E-state index in [-0.39, 0.29) is 17.0 Å². The lowest BCUT2D eigenvalue weighted by Gasteiger charge is -2.26. The monoisotopic (exact) mass is 466 g/mol. The summed E-state index contributed by atoms with van der Waals surface area (Å²) in [7, 11) is 4.49. The molecule has 166 valence electrons. The van der Waals surface area contributed by atoms with Gasteiger partial charge in [0.15, 0.2) is 0 Å². The van der Waals surface area contributed by atoms with E-state index in [0.29, 0.717) is 0 Å². The van der Waals surface area contributed by atoms with Gasteiger partial charge in [-0.3, -0.25) is 14.6 Å². The topological polar surface area (TPSA) is 41.6 Å². The Labute approximate surface area is 189 Å². The molecule has 0 fully saturated rings. The molecular formula is C24H43BrN4. The summed E-state index contributed by atoms with van der Waals surface area (Å²) in [6, 6.07) is 7.80. The van der Waals surface area contributed by atoms with Crippen LogP contribution in [0.15, 0.2) is 42.9 Å². The highest BCUT2D eigenvalue weighted by molar-refractivity contribution is 5.29. The zero-order valence-corrected chi connectivity index (χ0v) is 20.5. The van der Waals surface area contributed by atoms with Crippen molar-refractivity contribution in [2.24, 2.45) is 0 Å². The summed E-state index contributed by atoms with van der Waals surface area (Å²) in [5, 5.41) is 7.23. The molecule has 0 aromatic carbocycles. The number of pyridine rings is 1. The van der Waals surface area contributed by atoms with Crippen molar-refractivity contribution in [3.05, 3.63) is 42.9 Å². The fraction of sp³-hybridized carbons (Fsp3) is 0.667. The van der Waals surface area contributed by atoms with Gasteiger partial charge in [-0.05, 0) is 25.0 Å². The first-order valence-corrected chi connectivity index (χ1v) is 11.3. The highest BCUT2D eigenvalue weighted by atomic mass is 79.9. The van der Waals surface area contributed by atoms with Crippen molar-refractivity contribution in [1.82, 2.24) is 19.7 Å². The van der Waals surface area contributed by atoms with Gasteiger partial charge in [-0.15, -0.1) is 5.10 Å². The number of nitrogens with one attached hydrogen (secondary N) is 1. The van der Waals surface area contributed by atoms with Crippen molar-refractivity contribution in [2.45, 2.75) is 84.0 Å². The van der Waals surface area contributed by atoms with Crippen LogP contribution in [0.1, 0.15) is 84.0 Å². The minimum Gasteiger partial charge on any atom is -1.00 e. The second-order valence-electron chi connectivity index (χ2n) is 8.25. The predicted octanol–water partition coefficient (Wildman–Crippen LogP) is 3.76. The van der Waals surface area contributed by atoms with Gasteiger partial charge in [0.2, 0.25) is 5.82 Å². The van der Waals surface area contributed by atoms with E-state index in [9.17, 15) is 0 Å². The normalized spacial score (nSPS) is 10.7. The van der Waals surface area contributed by atoms with Crippen molar-refractivity contribution in [3.63, 3.8) is 0 Å². The van der Waals surface area contributed by atoms with Crippen LogP contribution in [0.25, 0.3) is 0 Å². The Bertz CT molecular complexity index is 517. The first-order valence-electron chi connectivity index (χ1n) is 11.3. The summed E-state index contributed by atoms with van der Waals surface area (Å²) < 4.78 is 0.890. The second kappa shape index (κ2) is 18.8. The smallest absolute Gasteiger partial charge is 0.245 e. The maximum absolute atomic E-state index is 4.31. The number of nitrogens with zero attached hydrogens (tertiary/aromatic N) is 3. The van der Waals surface area contributed by atoms with Gasteiger partial charge in [-0.1, -0.05) is 77.2 Å². The third-order valence-corrected chi connectivity index (χ3v) is 5.24. The molecule has 2 heterocycles. The molecule has 29 heavy (non-hydrogen) atoms. The molecule has 0 radical (unpaired) electrons. The van der Waals surface area contributed by atoms with Crippen molar-refractivity contribution < 1.29 is 17.0 Å². The van der Waals surface area contributed by atoms with Gasteiger partial charge < -0.3 is 17.0 Å². The summed E-state index contributed by atoms with van der Waals surface area (Å²) in [4.78, 5) is 3.78. The molecule has 0 bridgehead atoms. The lowest BCUT2D eigenvalue weighted by atomic mass is 10.1. The zero-order chi connectivity index (χ0) is 20.3. The van der Waals surface area contributed by atoms with E-state index in [1.165, 1.54) is 83.6 Å². The van der Waals surface area contributed by atoms with E-state index in [1.54, 1.807) is 12.4 Å². The fourth-order valence-electron chi connectivity index (χ4n) is 3.36. The third-order valence-electron chi connectivity index (χ3n) is 5.24. The average Bonchev–Trinajstić information content (AvgIpc) is 3.27. The van der Waals surface area contributed by atoms with Crippen molar-refractivity contribution in [3.8, 4) is 0 Å². The van der Waals surface area contributed by atoms with E-state index in [4.69, 9.17) is 0 Å². The highest BCUT2D eigenvalue weighted by Crippen LogP contribution is 2.16. The molecule has 0 amide bonds. The first kappa shape index (κ1) is 27.8. The molecular weight excluding hydrogens is 424 g/mol. The minimum absolute atomic E-state index is 0. The number of halogens is 1. The van der Waals surface area contributed by atoms with Crippen LogP contribution in [-0.4, -0.2) is 35.8 Å². The molecule has 0 saturated carbocycles. The van der Waals surface area contributed by atoms with Crippen LogP contribution in [0.3, 0.4) is 0 Å². The van der Waals surface area contributed by atoms with Crippen LogP contribution in [-0.2, 0) is 0 Å². The Kier molecular flexibility index (Phi) is 18.0. The van der Waals surface area contributed by atoms with Gasteiger partial charge >= 0.3 is 0 Å². The fourth-order valence-corrected chi connectivity index (χ4v) is 3.36. The molecule has 0 aliphatic rings. The number of quaternary nitrogens is 1. The highest BCUT2D eigenvalue weighted by Gasteiger charge is 2.20. The molecule has 1 N–H and O–H groups in total. The standard InChI is InChI=1S/C19H38N3.C5H5N.BrH/c1-4-5-6-7-8-9-10-11-12-13-14-15-18-22(2,3)19-16-17-20-21-19;1-2-4-6-5-3-1;/h16-17H,4-15,18H2,1-3H3,(H,20,21);1-5H;1H/q+1;;/p-1. The quantitative estimate of drug-likeness (QED) is 0.340. The van der Waals surface area contributed by atoms with Crippen LogP contribution < -0.4 is 21.5 Å². The molecule has 0 saturated heterocycles. The number of unbranched alkanes of at least 4 members (excludes halogenated alkanes) is 11. The number of hydrogen-bond acceptors (Lipinski definition) is 2. The van der Waals surface area contributed by atoms with Crippen molar-refractivity contribution >= 4 is 5.82 Å². The Balaban J connectivity index is 0.000000953. The Morgan fingerprint density at radius 1 is 0.759 bits per heavy atom. The van der Waals surface area contributed by atoms with Crippen LogP contribution in [0.4, 0.5) is 5.82 Å². The zero-order valence-electron chi connectivity index (χ0n) is 19.0. The van der Waals surface area contributed by atoms with Crippen LogP contribution in [0.5, 0.6) is 0 Å². The van der Waals surface area contributed by atoms with Crippen LogP contribution in [0, 0.1) is 0 Å². The second-order valence-corrected chi connectivity index (χ2v) is 8.25. The molecule has 0 unspecified atom stereocenters. The average molecular weight is 468 g/mol. The molecule has 0 aliphatic carbocycles. The van der Waals surface area contributed by atoms with E-state index in [1.807, 2.05) is 24.4 Å². The van der Waals surface area contributed by atoms with Crippen molar-refractivity contribution in [2.75, 3.05) is 20.6 Å². The van der Waals surface area contributed by atoms with E-state index >= 15 is 0 Å². The van der Waals surface area contributed by atoms with E-state index in [0.717, 1.165) is 10.3 Å². The van der Waals surface area contributed by atoms with Gasteiger partial charge in [-0.25, -0.2) is 0 Å². The minimum atomic E-state index is 0. The van der Waals surface area contributed by atoms with Gasteiger partial charge in [0.05, 0.1) is 20.6 Å². The molecule has 5 heteroatoms. The van der Waals surface area contributed by atoms with Gasteiger partial charge in [0.1, 0.15) is 0 Å². The van der Waals surface area contributed by atoms with Crippen LogP contribution >= 0.6 is 0 Å². The molecule has 2 rings (SSSR count). The van der Waals surface area contributed by atoms with Crippen molar-refractivity contribution in [1.29, 1.82) is 0 Å². The molecule has 2 aromatic rings. The lowest BCUT2D eigenvalue weighted by molar-refractivity contribution is -0.00000636. The number of H-pyrrole nitrogens is 1. The lowest BCUT2D eigenvalue weighted by Crippen LogP contribution is -3.00. The molecule has 2 aromatic heterocycles. The Morgan fingerprint density at radius 3 is 1.66 bits per heavy atom. The predicted molar refractivity (Wildman–Crippen MR) is 122 cm³/mol. The summed E-state index contributed by atoms with van der Waals surface area (Å²) in [6.07, 6.45) is 22.4. The molecule has 0 spiro atoms. The Hall–Kier alpha value is -1.20. The molecule has 0 aliphatic heterocycles.